The predicted molar refractivity (Wildman–Crippen MR) is 71.3 cm³/mol. The Kier molecular flexibility index (Phi) is 2.90. The Morgan fingerprint density at radius 3 is 2.80 bits per heavy atom. The smallest absolute Gasteiger partial charge is 0.258 e. The van der Waals surface area contributed by atoms with Crippen LogP contribution in [0.4, 0.5) is 15.8 Å². The van der Waals surface area contributed by atoms with E-state index in [9.17, 15) is 9.18 Å². The Balaban J connectivity index is 1.84. The molecule has 2 aromatic rings. The van der Waals surface area contributed by atoms with Gasteiger partial charge < -0.3 is 20.5 Å². The number of rotatable bonds is 2. The van der Waals surface area contributed by atoms with Gasteiger partial charge in [-0.2, -0.15) is 0 Å². The van der Waals surface area contributed by atoms with Crippen molar-refractivity contribution in [2.45, 2.75) is 0 Å². The van der Waals surface area contributed by atoms with Crippen LogP contribution in [-0.2, 0) is 0 Å². The zero-order chi connectivity index (χ0) is 14.1. The number of fused-ring (bicyclic) bond motifs is 1. The van der Waals surface area contributed by atoms with Crippen LogP contribution in [0.1, 0.15) is 10.4 Å². The Morgan fingerprint density at radius 1 is 1.15 bits per heavy atom. The lowest BCUT2D eigenvalue weighted by molar-refractivity contribution is 0.102. The summed E-state index contributed by atoms with van der Waals surface area (Å²) in [5.74, 6) is -0.0555. The third-order valence-corrected chi connectivity index (χ3v) is 2.87. The first-order valence-corrected chi connectivity index (χ1v) is 5.89. The average molecular weight is 274 g/mol. The van der Waals surface area contributed by atoms with Crippen LogP contribution in [0.15, 0.2) is 36.4 Å². The van der Waals surface area contributed by atoms with Gasteiger partial charge >= 0.3 is 0 Å². The maximum Gasteiger partial charge on any atom is 0.258 e. The summed E-state index contributed by atoms with van der Waals surface area (Å²) >= 11 is 0. The zero-order valence-corrected chi connectivity index (χ0v) is 10.4. The van der Waals surface area contributed by atoms with Crippen molar-refractivity contribution in [2.24, 2.45) is 0 Å². The van der Waals surface area contributed by atoms with Gasteiger partial charge in [-0.1, -0.05) is 0 Å². The van der Waals surface area contributed by atoms with Crippen molar-refractivity contribution >= 4 is 17.3 Å². The monoisotopic (exact) mass is 274 g/mol. The van der Waals surface area contributed by atoms with Crippen molar-refractivity contribution in [2.75, 3.05) is 17.8 Å². The van der Waals surface area contributed by atoms with Crippen LogP contribution in [0, 0.1) is 5.82 Å². The number of carbonyl (C=O) groups is 1. The van der Waals surface area contributed by atoms with E-state index >= 15 is 0 Å². The van der Waals surface area contributed by atoms with Crippen LogP contribution in [0.25, 0.3) is 0 Å². The Morgan fingerprint density at radius 2 is 1.95 bits per heavy atom. The standard InChI is InChI=1S/C14H11FN2O3/c15-11-3-1-8(16)5-10(11)14(18)17-9-2-4-12-13(6-9)20-7-19-12/h1-6H,7,16H2,(H,17,18). The fourth-order valence-corrected chi connectivity index (χ4v) is 1.89. The minimum absolute atomic E-state index is 0.109. The lowest BCUT2D eigenvalue weighted by Gasteiger charge is -2.07. The van der Waals surface area contributed by atoms with Gasteiger partial charge in [-0.25, -0.2) is 4.39 Å². The number of amides is 1. The Hall–Kier alpha value is -2.76. The van der Waals surface area contributed by atoms with E-state index in [1.54, 1.807) is 18.2 Å². The molecular weight excluding hydrogens is 263 g/mol. The van der Waals surface area contributed by atoms with E-state index in [-0.39, 0.29) is 12.4 Å². The first-order chi connectivity index (χ1) is 9.63. The van der Waals surface area contributed by atoms with Crippen molar-refractivity contribution in [3.8, 4) is 11.5 Å². The fraction of sp³-hybridized carbons (Fsp3) is 0.0714. The molecule has 3 N–H and O–H groups in total. The second-order valence-corrected chi connectivity index (χ2v) is 4.26. The van der Waals surface area contributed by atoms with Crippen LogP contribution in [-0.4, -0.2) is 12.7 Å². The Bertz CT molecular complexity index is 688. The van der Waals surface area contributed by atoms with E-state index in [2.05, 4.69) is 5.32 Å². The lowest BCUT2D eigenvalue weighted by Crippen LogP contribution is -2.14. The maximum atomic E-state index is 13.6. The van der Waals surface area contributed by atoms with E-state index in [1.807, 2.05) is 0 Å². The first kappa shape index (κ1) is 12.3. The van der Waals surface area contributed by atoms with Gasteiger partial charge in [0, 0.05) is 17.4 Å². The van der Waals surface area contributed by atoms with Crippen molar-refractivity contribution in [3.63, 3.8) is 0 Å². The maximum absolute atomic E-state index is 13.6. The topological polar surface area (TPSA) is 73.6 Å². The molecule has 1 heterocycles. The Labute approximate surface area is 114 Å². The van der Waals surface area contributed by atoms with Gasteiger partial charge in [0.1, 0.15) is 5.82 Å². The molecule has 1 aliphatic rings. The molecular formula is C14H11FN2O3. The summed E-state index contributed by atoms with van der Waals surface area (Å²) in [6.07, 6.45) is 0. The number of nitrogen functional groups attached to an aromatic ring is 1. The molecule has 0 radical (unpaired) electrons. The molecule has 6 heteroatoms. The summed E-state index contributed by atoms with van der Waals surface area (Å²) in [6, 6.07) is 8.78. The number of hydrogen-bond donors (Lipinski definition) is 2. The van der Waals surface area contributed by atoms with Gasteiger partial charge in [0.05, 0.1) is 5.56 Å². The fourth-order valence-electron chi connectivity index (χ4n) is 1.89. The van der Waals surface area contributed by atoms with Crippen LogP contribution in [0.3, 0.4) is 0 Å². The molecule has 1 amide bonds. The van der Waals surface area contributed by atoms with Gasteiger partial charge in [-0.05, 0) is 30.3 Å². The number of nitrogens with one attached hydrogen (secondary N) is 1. The molecule has 0 atom stereocenters. The molecule has 0 unspecified atom stereocenters. The number of halogens is 1. The van der Waals surface area contributed by atoms with Crippen LogP contribution in [0.5, 0.6) is 11.5 Å². The highest BCUT2D eigenvalue weighted by Crippen LogP contribution is 2.34. The summed E-state index contributed by atoms with van der Waals surface area (Å²) in [7, 11) is 0. The average Bonchev–Trinajstić information content (AvgIpc) is 2.89. The van der Waals surface area contributed by atoms with Gasteiger partial charge in [0.2, 0.25) is 6.79 Å². The highest BCUT2D eigenvalue weighted by atomic mass is 19.1. The molecule has 0 bridgehead atoms. The molecule has 0 spiro atoms. The molecule has 102 valence electrons. The van der Waals surface area contributed by atoms with Crippen LogP contribution >= 0.6 is 0 Å². The molecule has 2 aromatic carbocycles. The lowest BCUT2D eigenvalue weighted by atomic mass is 10.1. The number of hydrogen-bond acceptors (Lipinski definition) is 4. The number of benzene rings is 2. The summed E-state index contributed by atoms with van der Waals surface area (Å²) in [5.41, 5.74) is 6.25. The third kappa shape index (κ3) is 2.23. The summed E-state index contributed by atoms with van der Waals surface area (Å²) < 4.78 is 23.9. The summed E-state index contributed by atoms with van der Waals surface area (Å²) in [4.78, 5) is 12.0. The van der Waals surface area contributed by atoms with Crippen molar-refractivity contribution in [1.29, 1.82) is 0 Å². The van der Waals surface area contributed by atoms with E-state index in [1.165, 1.54) is 12.1 Å². The quantitative estimate of drug-likeness (QED) is 0.825. The molecule has 0 fully saturated rings. The minimum atomic E-state index is -0.627. The summed E-state index contributed by atoms with van der Waals surface area (Å²) in [6.45, 7) is 0.149. The van der Waals surface area contributed by atoms with Crippen LogP contribution in [0.2, 0.25) is 0 Å². The number of ether oxygens (including phenoxy) is 2. The molecule has 5 nitrogen and oxygen atoms in total. The molecule has 0 saturated heterocycles. The molecule has 1 aliphatic heterocycles. The first-order valence-electron chi connectivity index (χ1n) is 5.89. The third-order valence-electron chi connectivity index (χ3n) is 2.87. The van der Waals surface area contributed by atoms with Crippen molar-refractivity contribution in [3.05, 3.63) is 47.8 Å². The zero-order valence-electron chi connectivity index (χ0n) is 10.4. The minimum Gasteiger partial charge on any atom is -0.454 e. The van der Waals surface area contributed by atoms with E-state index in [0.717, 1.165) is 6.07 Å². The van der Waals surface area contributed by atoms with E-state index in [4.69, 9.17) is 15.2 Å². The molecule has 0 saturated carbocycles. The SMILES string of the molecule is Nc1ccc(F)c(C(=O)Nc2ccc3c(c2)OCO3)c1. The second kappa shape index (κ2) is 4.73. The molecule has 3 rings (SSSR count). The predicted octanol–water partition coefficient (Wildman–Crippen LogP) is 2.39. The molecule has 0 aromatic heterocycles. The molecule has 20 heavy (non-hydrogen) atoms. The largest absolute Gasteiger partial charge is 0.454 e. The van der Waals surface area contributed by atoms with Crippen molar-refractivity contribution in [1.82, 2.24) is 0 Å². The summed E-state index contributed by atoms with van der Waals surface area (Å²) in [5, 5.41) is 2.59. The second-order valence-electron chi connectivity index (χ2n) is 4.26. The number of carbonyl (C=O) groups excluding carboxylic acids is 1. The van der Waals surface area contributed by atoms with E-state index < -0.39 is 11.7 Å². The highest BCUT2D eigenvalue weighted by molar-refractivity contribution is 6.05. The van der Waals surface area contributed by atoms with Gasteiger partial charge in [0.15, 0.2) is 11.5 Å². The van der Waals surface area contributed by atoms with Gasteiger partial charge in [0.25, 0.3) is 5.91 Å². The van der Waals surface area contributed by atoms with Crippen LogP contribution < -0.4 is 20.5 Å². The van der Waals surface area contributed by atoms with Crippen molar-refractivity contribution < 1.29 is 18.7 Å². The van der Waals surface area contributed by atoms with E-state index in [0.29, 0.717) is 22.9 Å². The van der Waals surface area contributed by atoms with Gasteiger partial charge in [-0.3, -0.25) is 4.79 Å². The number of anilines is 2. The van der Waals surface area contributed by atoms with Gasteiger partial charge in [-0.15, -0.1) is 0 Å². The normalized spacial score (nSPS) is 12.2. The highest BCUT2D eigenvalue weighted by Gasteiger charge is 2.16. The molecule has 0 aliphatic carbocycles. The number of nitrogens with two attached hydrogens (primary N) is 1.